The molecule has 3 nitrogen and oxygen atoms in total. The minimum Gasteiger partial charge on any atom is -0.494 e. The summed E-state index contributed by atoms with van der Waals surface area (Å²) in [5, 5.41) is 3.64. The van der Waals surface area contributed by atoms with Gasteiger partial charge in [0.25, 0.3) is 0 Å². The second kappa shape index (κ2) is 10.6. The molecule has 0 amide bonds. The number of hydrogen-bond acceptors (Lipinski definition) is 3. The Hall–Kier alpha value is -1.06. The zero-order valence-electron chi connectivity index (χ0n) is 14.0. The summed E-state index contributed by atoms with van der Waals surface area (Å²) in [6, 6.07) is 8.89. The average Bonchev–Trinajstić information content (AvgIpc) is 2.50. The van der Waals surface area contributed by atoms with E-state index < -0.39 is 0 Å². The molecule has 2 unspecified atom stereocenters. The van der Waals surface area contributed by atoms with Crippen LogP contribution in [-0.2, 0) is 4.74 Å². The van der Waals surface area contributed by atoms with Gasteiger partial charge in [0, 0.05) is 19.8 Å². The van der Waals surface area contributed by atoms with Gasteiger partial charge in [-0.1, -0.05) is 32.9 Å². The van der Waals surface area contributed by atoms with Gasteiger partial charge in [-0.25, -0.2) is 0 Å². The van der Waals surface area contributed by atoms with Crippen molar-refractivity contribution in [2.75, 3.05) is 26.9 Å². The molecule has 0 saturated heterocycles. The van der Waals surface area contributed by atoms with Gasteiger partial charge in [0.05, 0.1) is 6.61 Å². The Kier molecular flexibility index (Phi) is 9.11. The standard InChI is InChI=1S/C18H31NO2/c1-5-11-19-18(13-15(3)14-20-4)16-7-9-17(10-8-16)21-12-6-2/h7-10,15,18-19H,5-6,11-14H2,1-4H3. The first kappa shape index (κ1) is 18.0. The summed E-state index contributed by atoms with van der Waals surface area (Å²) in [5.74, 6) is 1.50. The van der Waals surface area contributed by atoms with E-state index in [1.54, 1.807) is 7.11 Å². The number of rotatable bonds is 11. The van der Waals surface area contributed by atoms with Crippen LogP contribution in [0.25, 0.3) is 0 Å². The first-order valence-electron chi connectivity index (χ1n) is 8.16. The molecule has 2 atom stereocenters. The van der Waals surface area contributed by atoms with Crippen molar-refractivity contribution in [1.29, 1.82) is 0 Å². The summed E-state index contributed by atoms with van der Waals surface area (Å²) in [6.45, 7) is 9.19. The molecule has 1 aromatic carbocycles. The highest BCUT2D eigenvalue weighted by atomic mass is 16.5. The molecule has 0 saturated carbocycles. The number of nitrogens with one attached hydrogen (secondary N) is 1. The van der Waals surface area contributed by atoms with Crippen LogP contribution in [0.5, 0.6) is 5.75 Å². The molecule has 0 aromatic heterocycles. The molecule has 0 aliphatic carbocycles. The zero-order valence-corrected chi connectivity index (χ0v) is 14.0. The van der Waals surface area contributed by atoms with Gasteiger partial charge < -0.3 is 14.8 Å². The maximum absolute atomic E-state index is 5.65. The van der Waals surface area contributed by atoms with E-state index in [0.29, 0.717) is 12.0 Å². The van der Waals surface area contributed by atoms with Crippen LogP contribution in [0, 0.1) is 5.92 Å². The van der Waals surface area contributed by atoms with Crippen molar-refractivity contribution in [3.8, 4) is 5.75 Å². The van der Waals surface area contributed by atoms with E-state index in [0.717, 1.165) is 44.8 Å². The van der Waals surface area contributed by atoms with Crippen molar-refractivity contribution in [1.82, 2.24) is 5.32 Å². The zero-order chi connectivity index (χ0) is 15.5. The molecule has 1 N–H and O–H groups in total. The molecule has 0 aliphatic heterocycles. The van der Waals surface area contributed by atoms with Crippen LogP contribution in [-0.4, -0.2) is 26.9 Å². The normalized spacial score (nSPS) is 13.9. The van der Waals surface area contributed by atoms with Gasteiger partial charge in [0.1, 0.15) is 5.75 Å². The Balaban J connectivity index is 2.67. The molecule has 0 aliphatic rings. The van der Waals surface area contributed by atoms with Gasteiger partial charge in [-0.15, -0.1) is 0 Å². The van der Waals surface area contributed by atoms with E-state index in [1.165, 1.54) is 5.56 Å². The quantitative estimate of drug-likeness (QED) is 0.663. The lowest BCUT2D eigenvalue weighted by Crippen LogP contribution is -2.25. The Morgan fingerprint density at radius 2 is 1.81 bits per heavy atom. The van der Waals surface area contributed by atoms with Crippen LogP contribution >= 0.6 is 0 Å². The molecule has 0 heterocycles. The van der Waals surface area contributed by atoms with Gasteiger partial charge in [0.2, 0.25) is 0 Å². The first-order chi connectivity index (χ1) is 10.2. The molecule has 120 valence electrons. The summed E-state index contributed by atoms with van der Waals surface area (Å²) < 4.78 is 10.9. The van der Waals surface area contributed by atoms with Crippen molar-refractivity contribution in [2.24, 2.45) is 5.92 Å². The number of benzene rings is 1. The summed E-state index contributed by atoms with van der Waals surface area (Å²) >= 11 is 0. The predicted molar refractivity (Wildman–Crippen MR) is 88.9 cm³/mol. The van der Waals surface area contributed by atoms with E-state index in [4.69, 9.17) is 9.47 Å². The Labute approximate surface area is 130 Å². The predicted octanol–water partition coefficient (Wildman–Crippen LogP) is 4.19. The number of methoxy groups -OCH3 is 1. The fraction of sp³-hybridized carbons (Fsp3) is 0.667. The third kappa shape index (κ3) is 6.96. The van der Waals surface area contributed by atoms with E-state index in [2.05, 4.69) is 50.4 Å². The summed E-state index contributed by atoms with van der Waals surface area (Å²) in [7, 11) is 1.77. The minimum absolute atomic E-state index is 0.385. The largest absolute Gasteiger partial charge is 0.494 e. The molecule has 0 spiro atoms. The monoisotopic (exact) mass is 293 g/mol. The topological polar surface area (TPSA) is 30.5 Å². The fourth-order valence-corrected chi connectivity index (χ4v) is 2.43. The smallest absolute Gasteiger partial charge is 0.119 e. The van der Waals surface area contributed by atoms with Gasteiger partial charge in [0.15, 0.2) is 0 Å². The van der Waals surface area contributed by atoms with Gasteiger partial charge in [-0.3, -0.25) is 0 Å². The van der Waals surface area contributed by atoms with E-state index >= 15 is 0 Å². The second-order valence-electron chi connectivity index (χ2n) is 5.72. The molecule has 21 heavy (non-hydrogen) atoms. The van der Waals surface area contributed by atoms with Gasteiger partial charge in [-0.05, 0) is 49.4 Å². The highest BCUT2D eigenvalue weighted by molar-refractivity contribution is 5.29. The van der Waals surface area contributed by atoms with E-state index in [1.807, 2.05) is 0 Å². The minimum atomic E-state index is 0.385. The Bertz CT molecular complexity index is 364. The Morgan fingerprint density at radius 3 is 2.38 bits per heavy atom. The van der Waals surface area contributed by atoms with Crippen LogP contribution in [0.4, 0.5) is 0 Å². The molecule has 0 fully saturated rings. The van der Waals surface area contributed by atoms with Crippen LogP contribution in [0.15, 0.2) is 24.3 Å². The van der Waals surface area contributed by atoms with Gasteiger partial charge in [-0.2, -0.15) is 0 Å². The highest BCUT2D eigenvalue weighted by Crippen LogP contribution is 2.24. The van der Waals surface area contributed by atoms with E-state index in [9.17, 15) is 0 Å². The van der Waals surface area contributed by atoms with Crippen LogP contribution in [0.1, 0.15) is 51.6 Å². The van der Waals surface area contributed by atoms with Gasteiger partial charge >= 0.3 is 0 Å². The lowest BCUT2D eigenvalue weighted by molar-refractivity contribution is 0.149. The maximum Gasteiger partial charge on any atom is 0.119 e. The second-order valence-corrected chi connectivity index (χ2v) is 5.72. The molecule has 0 radical (unpaired) electrons. The van der Waals surface area contributed by atoms with Crippen LogP contribution in [0.2, 0.25) is 0 Å². The molecular weight excluding hydrogens is 262 g/mol. The molecule has 3 heteroatoms. The van der Waals surface area contributed by atoms with Crippen molar-refractivity contribution < 1.29 is 9.47 Å². The van der Waals surface area contributed by atoms with Crippen LogP contribution < -0.4 is 10.1 Å². The first-order valence-corrected chi connectivity index (χ1v) is 8.16. The summed E-state index contributed by atoms with van der Waals surface area (Å²) in [4.78, 5) is 0. The maximum atomic E-state index is 5.65. The third-order valence-corrected chi connectivity index (χ3v) is 3.49. The molecule has 1 rings (SSSR count). The lowest BCUT2D eigenvalue weighted by Gasteiger charge is -2.22. The fourth-order valence-electron chi connectivity index (χ4n) is 2.43. The van der Waals surface area contributed by atoms with Crippen molar-refractivity contribution in [3.63, 3.8) is 0 Å². The summed E-state index contributed by atoms with van der Waals surface area (Å²) in [5.41, 5.74) is 1.33. The molecule has 0 bridgehead atoms. The molecular formula is C18H31NO2. The third-order valence-electron chi connectivity index (χ3n) is 3.49. The molecule has 1 aromatic rings. The van der Waals surface area contributed by atoms with Crippen molar-refractivity contribution >= 4 is 0 Å². The average molecular weight is 293 g/mol. The van der Waals surface area contributed by atoms with E-state index in [-0.39, 0.29) is 0 Å². The lowest BCUT2D eigenvalue weighted by atomic mass is 9.96. The highest BCUT2D eigenvalue weighted by Gasteiger charge is 2.14. The number of ether oxygens (including phenoxy) is 2. The Morgan fingerprint density at radius 1 is 1.10 bits per heavy atom. The van der Waals surface area contributed by atoms with Crippen LogP contribution in [0.3, 0.4) is 0 Å². The SMILES string of the molecule is CCCNC(CC(C)COC)c1ccc(OCCC)cc1. The number of hydrogen-bond donors (Lipinski definition) is 1. The van der Waals surface area contributed by atoms with Crippen molar-refractivity contribution in [3.05, 3.63) is 29.8 Å². The van der Waals surface area contributed by atoms with Crippen molar-refractivity contribution in [2.45, 2.75) is 46.1 Å². The summed E-state index contributed by atoms with van der Waals surface area (Å²) in [6.07, 6.45) is 3.27.